The Balaban J connectivity index is 1.31. The summed E-state index contributed by atoms with van der Waals surface area (Å²) in [4.78, 5) is 25.3. The Hall–Kier alpha value is 0.290. The van der Waals surface area contributed by atoms with Crippen LogP contribution in [0.1, 0.15) is 82.5 Å². The van der Waals surface area contributed by atoms with Gasteiger partial charge in [-0.05, 0) is 160 Å². The number of esters is 1. The highest BCUT2D eigenvalue weighted by molar-refractivity contribution is 14.1. The molecule has 0 aromatic heterocycles. The number of Topliss-reactive ketones (excluding diaryl/α,β-unsaturated/α-hetero) is 1. The molecule has 7 atom stereocenters. The Labute approximate surface area is 244 Å². The average molecular weight is 798 g/mol. The van der Waals surface area contributed by atoms with Crippen LogP contribution in [0, 0.1) is 45.2 Å². The number of carbonyl (C=O) groups excluding carboxylic acids is 2. The van der Waals surface area contributed by atoms with Crippen molar-refractivity contribution in [2.24, 2.45) is 34.5 Å². The van der Waals surface area contributed by atoms with Crippen LogP contribution in [0.4, 0.5) is 0 Å². The maximum atomic E-state index is 13.0. The summed E-state index contributed by atoms with van der Waals surface area (Å²) in [6.45, 7) is 6.71. The van der Waals surface area contributed by atoms with Gasteiger partial charge < -0.3 is 4.74 Å². The van der Waals surface area contributed by atoms with E-state index in [0.29, 0.717) is 29.1 Å². The summed E-state index contributed by atoms with van der Waals surface area (Å²) < 4.78 is 9.43. The molecule has 0 radical (unpaired) electrons. The molecule has 3 saturated carbocycles. The quantitative estimate of drug-likeness (QED) is 0.134. The van der Waals surface area contributed by atoms with Gasteiger partial charge in [0.2, 0.25) is 0 Å². The van der Waals surface area contributed by atoms with Gasteiger partial charge in [-0.1, -0.05) is 25.5 Å². The molecule has 34 heavy (non-hydrogen) atoms. The van der Waals surface area contributed by atoms with Crippen LogP contribution in [-0.2, 0) is 9.53 Å². The highest BCUT2D eigenvalue weighted by Gasteiger charge is 2.59. The molecule has 0 N–H and O–H groups in total. The van der Waals surface area contributed by atoms with Crippen LogP contribution in [0.5, 0.6) is 0 Å². The lowest BCUT2D eigenvalue weighted by molar-refractivity contribution is -0.127. The summed E-state index contributed by atoms with van der Waals surface area (Å²) in [5, 5.41) is 0. The molecule has 3 unspecified atom stereocenters. The number of fused-ring (bicyclic) bond motifs is 5. The summed E-state index contributed by atoms with van der Waals surface area (Å²) in [7, 11) is 0. The number of halogens is 3. The van der Waals surface area contributed by atoms with E-state index in [1.165, 1.54) is 28.4 Å². The molecule has 1 aromatic carbocycles. The van der Waals surface area contributed by atoms with E-state index < -0.39 is 0 Å². The van der Waals surface area contributed by atoms with Crippen molar-refractivity contribution in [3.63, 3.8) is 0 Å². The van der Waals surface area contributed by atoms with Crippen LogP contribution in [0.2, 0.25) is 0 Å². The number of ketones is 1. The molecular weight excluding hydrogens is 765 g/mol. The van der Waals surface area contributed by atoms with Gasteiger partial charge in [0.25, 0.3) is 0 Å². The lowest BCUT2D eigenvalue weighted by Gasteiger charge is -2.58. The molecule has 184 valence electrons. The molecule has 0 heterocycles. The zero-order valence-corrected chi connectivity index (χ0v) is 26.6. The van der Waals surface area contributed by atoms with Crippen molar-refractivity contribution in [2.75, 3.05) is 0 Å². The molecule has 1 aromatic rings. The van der Waals surface area contributed by atoms with Gasteiger partial charge in [-0.2, -0.15) is 0 Å². The SMILES string of the molecule is CC(=O)[C@H]1CCC2C3CC=C4C[C@@H](OC(=O)c5cc(I)c(I)c(I)c5)CC[C@]4(C)C3CC[C@@]21C. The van der Waals surface area contributed by atoms with Crippen molar-refractivity contribution in [3.8, 4) is 0 Å². The predicted molar refractivity (Wildman–Crippen MR) is 160 cm³/mol. The average Bonchev–Trinajstić information content (AvgIpc) is 3.15. The lowest BCUT2D eigenvalue weighted by atomic mass is 9.47. The Morgan fingerprint density at radius 3 is 2.35 bits per heavy atom. The van der Waals surface area contributed by atoms with E-state index in [1.54, 1.807) is 0 Å². The smallest absolute Gasteiger partial charge is 0.338 e. The van der Waals surface area contributed by atoms with E-state index in [9.17, 15) is 9.59 Å². The van der Waals surface area contributed by atoms with Crippen molar-refractivity contribution >= 4 is 79.5 Å². The molecule has 0 spiro atoms. The van der Waals surface area contributed by atoms with Crippen molar-refractivity contribution in [1.82, 2.24) is 0 Å². The third kappa shape index (κ3) is 4.25. The van der Waals surface area contributed by atoms with E-state index in [4.69, 9.17) is 4.74 Å². The van der Waals surface area contributed by atoms with Crippen LogP contribution in [0.25, 0.3) is 0 Å². The molecular formula is C28H33I3O3. The van der Waals surface area contributed by atoms with Gasteiger partial charge in [0.15, 0.2) is 0 Å². The fourth-order valence-electron chi connectivity index (χ4n) is 8.29. The van der Waals surface area contributed by atoms with E-state index in [1.807, 2.05) is 19.1 Å². The number of hydrogen-bond acceptors (Lipinski definition) is 3. The number of hydrogen-bond donors (Lipinski definition) is 0. The van der Waals surface area contributed by atoms with Crippen LogP contribution in [0.3, 0.4) is 0 Å². The highest BCUT2D eigenvalue weighted by Crippen LogP contribution is 2.66. The first kappa shape index (κ1) is 25.9. The summed E-state index contributed by atoms with van der Waals surface area (Å²) in [5.41, 5.74) is 2.60. The predicted octanol–water partition coefficient (Wildman–Crippen LogP) is 8.19. The van der Waals surface area contributed by atoms with Gasteiger partial charge in [-0.15, -0.1) is 0 Å². The maximum absolute atomic E-state index is 13.0. The fourth-order valence-corrected chi connectivity index (χ4v) is 10.4. The zero-order chi connectivity index (χ0) is 24.4. The van der Waals surface area contributed by atoms with Gasteiger partial charge >= 0.3 is 5.97 Å². The summed E-state index contributed by atoms with van der Waals surface area (Å²) in [6.07, 6.45) is 11.3. The Kier molecular flexibility index (Phi) is 7.28. The number of rotatable bonds is 3. The molecule has 0 bridgehead atoms. The minimum absolute atomic E-state index is 0.0274. The molecule has 3 fully saturated rings. The van der Waals surface area contributed by atoms with Crippen molar-refractivity contribution in [1.29, 1.82) is 0 Å². The Bertz CT molecular complexity index is 1040. The normalized spacial score (nSPS) is 38.9. The van der Waals surface area contributed by atoms with Crippen LogP contribution in [0.15, 0.2) is 23.8 Å². The highest BCUT2D eigenvalue weighted by atomic mass is 127. The van der Waals surface area contributed by atoms with Gasteiger partial charge in [0.05, 0.1) is 5.56 Å². The minimum Gasteiger partial charge on any atom is -0.458 e. The lowest BCUT2D eigenvalue weighted by Crippen LogP contribution is -2.51. The van der Waals surface area contributed by atoms with Crippen molar-refractivity contribution in [3.05, 3.63) is 40.1 Å². The van der Waals surface area contributed by atoms with E-state index >= 15 is 0 Å². The second-order valence-corrected chi connectivity index (χ2v) is 15.0. The van der Waals surface area contributed by atoms with E-state index in [0.717, 1.165) is 39.2 Å². The largest absolute Gasteiger partial charge is 0.458 e. The third-order valence-corrected chi connectivity index (χ3v) is 15.0. The molecule has 6 heteroatoms. The van der Waals surface area contributed by atoms with E-state index in [-0.39, 0.29) is 28.8 Å². The third-order valence-electron chi connectivity index (χ3n) is 10.0. The van der Waals surface area contributed by atoms with Gasteiger partial charge in [-0.3, -0.25) is 4.79 Å². The Morgan fingerprint density at radius 1 is 0.971 bits per heavy atom. The van der Waals surface area contributed by atoms with Crippen molar-refractivity contribution < 1.29 is 14.3 Å². The Morgan fingerprint density at radius 2 is 1.68 bits per heavy atom. The first-order chi connectivity index (χ1) is 16.0. The molecule has 0 amide bonds. The maximum Gasteiger partial charge on any atom is 0.338 e. The molecule has 5 rings (SSSR count). The number of benzene rings is 1. The first-order valence-corrected chi connectivity index (χ1v) is 15.8. The number of allylic oxidation sites excluding steroid dienone is 1. The molecule has 0 saturated heterocycles. The zero-order valence-electron chi connectivity index (χ0n) is 20.1. The van der Waals surface area contributed by atoms with Gasteiger partial charge in [0.1, 0.15) is 11.9 Å². The second kappa shape index (κ2) is 9.55. The summed E-state index contributed by atoms with van der Waals surface area (Å²) >= 11 is 6.91. The van der Waals surface area contributed by atoms with E-state index in [2.05, 4.69) is 87.7 Å². The summed E-state index contributed by atoms with van der Waals surface area (Å²) in [5.74, 6) is 2.56. The first-order valence-electron chi connectivity index (χ1n) is 12.6. The van der Waals surface area contributed by atoms with Crippen LogP contribution >= 0.6 is 67.8 Å². The summed E-state index contributed by atoms with van der Waals surface area (Å²) in [6, 6.07) is 3.89. The fraction of sp³-hybridized carbons (Fsp3) is 0.643. The molecule has 4 aliphatic rings. The van der Waals surface area contributed by atoms with Crippen molar-refractivity contribution in [2.45, 2.75) is 78.2 Å². The topological polar surface area (TPSA) is 43.4 Å². The molecule has 3 nitrogen and oxygen atoms in total. The second-order valence-electron chi connectivity index (χ2n) is 11.6. The monoisotopic (exact) mass is 798 g/mol. The van der Waals surface area contributed by atoms with Crippen LogP contribution in [-0.4, -0.2) is 17.9 Å². The molecule has 4 aliphatic carbocycles. The number of ether oxygens (including phenoxy) is 1. The standard InChI is InChI=1S/C28H33I3O3/c1-15(32)20-6-7-21-19-5-4-17-14-18(8-10-27(17,2)22(19)9-11-28(20,21)3)34-26(33)16-12-23(29)25(31)24(30)13-16/h4,12-13,18-22H,5-11,14H2,1-3H3/t18-,19?,20+,21?,22?,27-,28+/m0/s1. The van der Waals surface area contributed by atoms with Gasteiger partial charge in [0, 0.05) is 23.0 Å². The van der Waals surface area contributed by atoms with Gasteiger partial charge in [-0.25, -0.2) is 4.79 Å². The number of carbonyl (C=O) groups is 2. The minimum atomic E-state index is -0.190. The van der Waals surface area contributed by atoms with Crippen LogP contribution < -0.4 is 0 Å². The molecule has 0 aliphatic heterocycles.